The first kappa shape index (κ1) is 18.8. The Morgan fingerprint density at radius 3 is 1.78 bits per heavy atom. The first-order chi connectivity index (χ1) is 13.2. The summed E-state index contributed by atoms with van der Waals surface area (Å²) >= 11 is 0. The van der Waals surface area contributed by atoms with E-state index in [1.165, 1.54) is 0 Å². The molecule has 0 fully saturated rings. The maximum absolute atomic E-state index is 12.5. The Hall–Kier alpha value is -3.02. The smallest absolute Gasteiger partial charge is 0.252 e. The summed E-state index contributed by atoms with van der Waals surface area (Å²) in [7, 11) is 0. The predicted octanol–water partition coefficient (Wildman–Crippen LogP) is 3.45. The van der Waals surface area contributed by atoms with Crippen LogP contribution in [0.2, 0.25) is 0 Å². The topological polar surface area (TPSA) is 84.0 Å². The van der Waals surface area contributed by atoms with Crippen LogP contribution in [0.25, 0.3) is 21.8 Å². The van der Waals surface area contributed by atoms with E-state index in [1.54, 1.807) is 24.5 Å². The van der Waals surface area contributed by atoms with Crippen molar-refractivity contribution in [3.8, 4) is 0 Å². The van der Waals surface area contributed by atoms with Crippen LogP contribution in [0.5, 0.6) is 0 Å². The fourth-order valence-electron chi connectivity index (χ4n) is 3.03. The molecule has 140 valence electrons. The number of hydrogen-bond donors (Lipinski definition) is 2. The average Bonchev–Trinajstić information content (AvgIpc) is 2.70. The summed E-state index contributed by atoms with van der Waals surface area (Å²) in [4.78, 5) is 33.9. The van der Waals surface area contributed by atoms with Gasteiger partial charge in [0, 0.05) is 36.3 Å². The van der Waals surface area contributed by atoms with Crippen molar-refractivity contribution >= 4 is 33.6 Å². The second-order valence-electron chi connectivity index (χ2n) is 6.44. The lowest BCUT2D eigenvalue weighted by atomic mass is 10.0. The Kier molecular flexibility index (Phi) is 5.96. The van der Waals surface area contributed by atoms with Crippen molar-refractivity contribution in [1.29, 1.82) is 0 Å². The van der Waals surface area contributed by atoms with Crippen molar-refractivity contribution in [3.63, 3.8) is 0 Å². The van der Waals surface area contributed by atoms with Crippen LogP contribution in [0.3, 0.4) is 0 Å². The first-order valence-electron chi connectivity index (χ1n) is 9.40. The number of rotatable bonds is 7. The molecule has 0 radical (unpaired) electrons. The largest absolute Gasteiger partial charge is 0.352 e. The molecule has 3 aromatic rings. The Morgan fingerprint density at radius 2 is 1.30 bits per heavy atom. The van der Waals surface area contributed by atoms with Gasteiger partial charge < -0.3 is 10.6 Å². The number of fused-ring (bicyclic) bond motifs is 3. The summed E-state index contributed by atoms with van der Waals surface area (Å²) in [5, 5.41) is 7.30. The number of amides is 2. The quantitative estimate of drug-likeness (QED) is 0.497. The summed E-state index contributed by atoms with van der Waals surface area (Å²) in [5.41, 5.74) is 2.39. The monoisotopic (exact) mass is 364 g/mol. The standard InChI is InChI=1S/C21H24N4O2/c1-3-5-11-25-21(27)17-9-13-23-19-15(17)7-6-14-16(8-12-22-18(14)19)20(26)24-10-4-2/h6-9,12-13H,3-5,10-11H2,1-2H3,(H,24,26)(H,25,27). The van der Waals surface area contributed by atoms with Crippen molar-refractivity contribution in [2.24, 2.45) is 0 Å². The molecular weight excluding hydrogens is 340 g/mol. The van der Waals surface area contributed by atoms with Gasteiger partial charge in [-0.15, -0.1) is 0 Å². The minimum atomic E-state index is -0.128. The van der Waals surface area contributed by atoms with Gasteiger partial charge in [0.25, 0.3) is 11.8 Å². The highest BCUT2D eigenvalue weighted by molar-refractivity contribution is 6.16. The van der Waals surface area contributed by atoms with Crippen LogP contribution < -0.4 is 10.6 Å². The van der Waals surface area contributed by atoms with Gasteiger partial charge >= 0.3 is 0 Å². The number of benzene rings is 1. The molecule has 0 spiro atoms. The molecule has 0 unspecified atom stereocenters. The van der Waals surface area contributed by atoms with E-state index in [9.17, 15) is 9.59 Å². The minimum absolute atomic E-state index is 0.118. The third kappa shape index (κ3) is 3.89. The van der Waals surface area contributed by atoms with Gasteiger partial charge in [-0.3, -0.25) is 19.6 Å². The number of nitrogens with zero attached hydrogens (tertiary/aromatic N) is 2. The van der Waals surface area contributed by atoms with Gasteiger partial charge in [0.15, 0.2) is 0 Å². The molecule has 27 heavy (non-hydrogen) atoms. The fourth-order valence-corrected chi connectivity index (χ4v) is 3.03. The second-order valence-corrected chi connectivity index (χ2v) is 6.44. The highest BCUT2D eigenvalue weighted by atomic mass is 16.2. The summed E-state index contributed by atoms with van der Waals surface area (Å²) in [6, 6.07) is 7.11. The molecule has 2 aromatic heterocycles. The molecule has 2 amide bonds. The van der Waals surface area contributed by atoms with Crippen LogP contribution in [0.4, 0.5) is 0 Å². The zero-order chi connectivity index (χ0) is 19.2. The van der Waals surface area contributed by atoms with Crippen LogP contribution >= 0.6 is 0 Å². The Balaban J connectivity index is 2.06. The molecule has 0 atom stereocenters. The SMILES string of the molecule is CCCCNC(=O)c1ccnc2c1ccc1c(C(=O)NCCC)ccnc12. The fraction of sp³-hybridized carbons (Fsp3) is 0.333. The van der Waals surface area contributed by atoms with E-state index in [1.807, 2.05) is 19.1 Å². The number of carbonyl (C=O) groups excluding carboxylic acids is 2. The molecule has 6 nitrogen and oxygen atoms in total. The van der Waals surface area contributed by atoms with E-state index in [4.69, 9.17) is 0 Å². The number of nitrogens with one attached hydrogen (secondary N) is 2. The summed E-state index contributed by atoms with van der Waals surface area (Å²) in [5.74, 6) is -0.246. The highest BCUT2D eigenvalue weighted by Gasteiger charge is 2.16. The van der Waals surface area contributed by atoms with Gasteiger partial charge in [0.05, 0.1) is 22.2 Å². The van der Waals surface area contributed by atoms with Crippen LogP contribution in [0.15, 0.2) is 36.7 Å². The molecule has 0 aliphatic carbocycles. The van der Waals surface area contributed by atoms with Crippen LogP contribution in [-0.4, -0.2) is 34.9 Å². The molecule has 0 saturated heterocycles. The van der Waals surface area contributed by atoms with Crippen molar-refractivity contribution < 1.29 is 9.59 Å². The second kappa shape index (κ2) is 8.58. The van der Waals surface area contributed by atoms with Crippen LogP contribution in [0, 0.1) is 0 Å². The zero-order valence-electron chi connectivity index (χ0n) is 15.7. The van der Waals surface area contributed by atoms with E-state index >= 15 is 0 Å². The van der Waals surface area contributed by atoms with Crippen molar-refractivity contribution in [2.45, 2.75) is 33.1 Å². The maximum Gasteiger partial charge on any atom is 0.252 e. The molecule has 6 heteroatoms. The van der Waals surface area contributed by atoms with Gasteiger partial charge in [-0.25, -0.2) is 0 Å². The van der Waals surface area contributed by atoms with E-state index in [0.717, 1.165) is 30.0 Å². The Morgan fingerprint density at radius 1 is 0.778 bits per heavy atom. The number of aromatic nitrogens is 2. The maximum atomic E-state index is 12.5. The molecule has 2 heterocycles. The number of hydrogen-bond acceptors (Lipinski definition) is 4. The Bertz CT molecular complexity index is 984. The first-order valence-corrected chi connectivity index (χ1v) is 9.40. The van der Waals surface area contributed by atoms with Gasteiger partial charge in [0.1, 0.15) is 0 Å². The van der Waals surface area contributed by atoms with E-state index in [-0.39, 0.29) is 11.8 Å². The molecule has 1 aromatic carbocycles. The predicted molar refractivity (Wildman–Crippen MR) is 107 cm³/mol. The molecule has 0 saturated carbocycles. The molecule has 0 bridgehead atoms. The van der Waals surface area contributed by atoms with E-state index in [2.05, 4.69) is 27.5 Å². The van der Waals surface area contributed by atoms with Gasteiger partial charge in [-0.2, -0.15) is 0 Å². The lowest BCUT2D eigenvalue weighted by molar-refractivity contribution is 0.0946. The number of pyridine rings is 2. The van der Waals surface area contributed by atoms with E-state index < -0.39 is 0 Å². The molecular formula is C21H24N4O2. The summed E-state index contributed by atoms with van der Waals surface area (Å²) in [6.45, 7) is 5.36. The minimum Gasteiger partial charge on any atom is -0.352 e. The molecule has 3 rings (SSSR count). The summed E-state index contributed by atoms with van der Waals surface area (Å²) in [6.07, 6.45) is 6.06. The van der Waals surface area contributed by atoms with Gasteiger partial charge in [0.2, 0.25) is 0 Å². The van der Waals surface area contributed by atoms with Crippen molar-refractivity contribution in [1.82, 2.24) is 20.6 Å². The van der Waals surface area contributed by atoms with Crippen LogP contribution in [-0.2, 0) is 0 Å². The molecule has 2 N–H and O–H groups in total. The lowest BCUT2D eigenvalue weighted by Gasteiger charge is -2.11. The van der Waals surface area contributed by atoms with Crippen molar-refractivity contribution in [2.75, 3.05) is 13.1 Å². The third-order valence-corrected chi connectivity index (χ3v) is 4.46. The lowest BCUT2D eigenvalue weighted by Crippen LogP contribution is -2.25. The number of unbranched alkanes of at least 4 members (excludes halogenated alkanes) is 1. The van der Waals surface area contributed by atoms with E-state index in [0.29, 0.717) is 35.2 Å². The van der Waals surface area contributed by atoms with Crippen molar-refractivity contribution in [3.05, 3.63) is 47.8 Å². The normalized spacial score (nSPS) is 10.9. The average molecular weight is 364 g/mol. The summed E-state index contributed by atoms with van der Waals surface area (Å²) < 4.78 is 0. The van der Waals surface area contributed by atoms with Crippen LogP contribution in [0.1, 0.15) is 53.8 Å². The Labute approximate surface area is 158 Å². The number of carbonyl (C=O) groups is 2. The van der Waals surface area contributed by atoms with Gasteiger partial charge in [-0.05, 0) is 25.0 Å². The third-order valence-electron chi connectivity index (χ3n) is 4.46. The zero-order valence-corrected chi connectivity index (χ0v) is 15.7. The molecule has 0 aliphatic rings. The van der Waals surface area contributed by atoms with Gasteiger partial charge in [-0.1, -0.05) is 32.4 Å². The molecule has 0 aliphatic heterocycles. The highest BCUT2D eigenvalue weighted by Crippen LogP contribution is 2.26.